The number of fused-ring (bicyclic) bond motifs is 1. The Labute approximate surface area is 154 Å². The van der Waals surface area contributed by atoms with Crippen LogP contribution in [0.15, 0.2) is 48.5 Å². The molecule has 4 rings (SSSR count). The minimum absolute atomic E-state index is 0.780. The molecule has 5 nitrogen and oxygen atoms in total. The van der Waals surface area contributed by atoms with Gasteiger partial charge in [0.2, 0.25) is 5.95 Å². The van der Waals surface area contributed by atoms with E-state index >= 15 is 0 Å². The van der Waals surface area contributed by atoms with Crippen LogP contribution in [-0.2, 0) is 17.8 Å². The summed E-state index contributed by atoms with van der Waals surface area (Å²) in [6, 6.07) is 17.0. The molecule has 0 bridgehead atoms. The predicted molar refractivity (Wildman–Crippen MR) is 105 cm³/mol. The second-order valence-electron chi connectivity index (χ2n) is 6.87. The van der Waals surface area contributed by atoms with Crippen molar-refractivity contribution in [3.05, 3.63) is 59.7 Å². The fraction of sp³-hybridized carbons (Fsp3) is 0.381. The van der Waals surface area contributed by atoms with E-state index in [9.17, 15) is 0 Å². The van der Waals surface area contributed by atoms with Gasteiger partial charge in [0, 0.05) is 32.7 Å². The third-order valence-electron chi connectivity index (χ3n) is 4.93. The zero-order valence-corrected chi connectivity index (χ0v) is 15.3. The van der Waals surface area contributed by atoms with Gasteiger partial charge in [-0.2, -0.15) is 0 Å². The molecule has 0 aliphatic carbocycles. The largest absolute Gasteiger partial charge is 0.379 e. The normalized spacial score (nSPS) is 15.4. The SMILES string of the molecule is Cc1cccc(CNc2nc3ccccc3n2CCN2CCOCC2)c1. The number of hydrogen-bond donors (Lipinski definition) is 1. The van der Waals surface area contributed by atoms with Crippen LogP contribution in [0, 0.1) is 6.92 Å². The number of rotatable bonds is 6. The Morgan fingerprint density at radius 2 is 1.88 bits per heavy atom. The van der Waals surface area contributed by atoms with Crippen molar-refractivity contribution >= 4 is 17.0 Å². The molecule has 0 saturated carbocycles. The Hall–Kier alpha value is -2.37. The number of para-hydroxylation sites is 2. The van der Waals surface area contributed by atoms with Crippen molar-refractivity contribution in [1.82, 2.24) is 14.5 Å². The highest BCUT2D eigenvalue weighted by Gasteiger charge is 2.14. The molecule has 0 radical (unpaired) electrons. The third kappa shape index (κ3) is 3.89. The third-order valence-corrected chi connectivity index (χ3v) is 4.93. The van der Waals surface area contributed by atoms with E-state index in [0.717, 1.165) is 57.4 Å². The summed E-state index contributed by atoms with van der Waals surface area (Å²) in [5, 5.41) is 3.54. The van der Waals surface area contributed by atoms with Gasteiger partial charge in [-0.15, -0.1) is 0 Å². The maximum Gasteiger partial charge on any atom is 0.204 e. The van der Waals surface area contributed by atoms with Crippen molar-refractivity contribution in [2.24, 2.45) is 0 Å². The van der Waals surface area contributed by atoms with Crippen LogP contribution in [0.4, 0.5) is 5.95 Å². The van der Waals surface area contributed by atoms with E-state index in [-0.39, 0.29) is 0 Å². The lowest BCUT2D eigenvalue weighted by Gasteiger charge is -2.27. The Kier molecular flexibility index (Phi) is 5.18. The average Bonchev–Trinajstić information content (AvgIpc) is 3.03. The fourth-order valence-electron chi connectivity index (χ4n) is 3.51. The highest BCUT2D eigenvalue weighted by atomic mass is 16.5. The number of nitrogens with one attached hydrogen (secondary N) is 1. The monoisotopic (exact) mass is 350 g/mol. The zero-order valence-electron chi connectivity index (χ0n) is 15.3. The first-order chi connectivity index (χ1) is 12.8. The maximum atomic E-state index is 5.45. The van der Waals surface area contributed by atoms with Crippen molar-refractivity contribution in [2.75, 3.05) is 38.2 Å². The number of ether oxygens (including phenoxy) is 1. The summed E-state index contributed by atoms with van der Waals surface area (Å²) in [6.07, 6.45) is 0. The standard InChI is InChI=1S/C21H26N4O/c1-17-5-4-6-18(15-17)16-22-21-23-19-7-2-3-8-20(19)25(21)10-9-24-11-13-26-14-12-24/h2-8,15H,9-14,16H2,1H3,(H,22,23). The molecule has 0 unspecified atom stereocenters. The molecule has 1 saturated heterocycles. The fourth-order valence-corrected chi connectivity index (χ4v) is 3.51. The number of anilines is 1. The number of nitrogens with zero attached hydrogens (tertiary/aromatic N) is 3. The topological polar surface area (TPSA) is 42.3 Å². The lowest BCUT2D eigenvalue weighted by atomic mass is 10.1. The van der Waals surface area contributed by atoms with Crippen molar-refractivity contribution in [3.63, 3.8) is 0 Å². The minimum atomic E-state index is 0.780. The molecule has 1 N–H and O–H groups in total. The molecule has 1 aliphatic rings. The highest BCUT2D eigenvalue weighted by molar-refractivity contribution is 5.78. The molecule has 0 atom stereocenters. The van der Waals surface area contributed by atoms with Crippen molar-refractivity contribution in [3.8, 4) is 0 Å². The van der Waals surface area contributed by atoms with E-state index < -0.39 is 0 Å². The van der Waals surface area contributed by atoms with Crippen LogP contribution in [0.25, 0.3) is 11.0 Å². The summed E-state index contributed by atoms with van der Waals surface area (Å²) in [6.45, 7) is 8.55. The molecule has 1 aliphatic heterocycles. The first-order valence-electron chi connectivity index (χ1n) is 9.34. The number of imidazole rings is 1. The second kappa shape index (κ2) is 7.89. The van der Waals surface area contributed by atoms with Crippen LogP contribution in [-0.4, -0.2) is 47.3 Å². The molecule has 1 aromatic heterocycles. The summed E-state index contributed by atoms with van der Waals surface area (Å²) >= 11 is 0. The molecule has 3 aromatic rings. The molecule has 0 amide bonds. The average molecular weight is 350 g/mol. The van der Waals surface area contributed by atoms with Crippen LogP contribution < -0.4 is 5.32 Å². The van der Waals surface area contributed by atoms with Gasteiger partial charge in [-0.3, -0.25) is 4.90 Å². The van der Waals surface area contributed by atoms with Gasteiger partial charge >= 0.3 is 0 Å². The van der Waals surface area contributed by atoms with Gasteiger partial charge in [-0.25, -0.2) is 4.98 Å². The second-order valence-corrected chi connectivity index (χ2v) is 6.87. The van der Waals surface area contributed by atoms with Crippen molar-refractivity contribution in [1.29, 1.82) is 0 Å². The first-order valence-corrected chi connectivity index (χ1v) is 9.34. The Morgan fingerprint density at radius 3 is 2.73 bits per heavy atom. The number of aromatic nitrogens is 2. The van der Waals surface area contributed by atoms with Gasteiger partial charge in [0.1, 0.15) is 0 Å². The summed E-state index contributed by atoms with van der Waals surface area (Å²) in [7, 11) is 0. The van der Waals surface area contributed by atoms with Gasteiger partial charge in [-0.1, -0.05) is 42.0 Å². The van der Waals surface area contributed by atoms with Crippen LogP contribution in [0.5, 0.6) is 0 Å². The van der Waals surface area contributed by atoms with Crippen LogP contribution in [0.3, 0.4) is 0 Å². The number of aryl methyl sites for hydroxylation is 1. The predicted octanol–water partition coefficient (Wildman–Crippen LogP) is 3.29. The Morgan fingerprint density at radius 1 is 1.04 bits per heavy atom. The van der Waals surface area contributed by atoms with E-state index in [0.29, 0.717) is 0 Å². The molecule has 2 heterocycles. The number of hydrogen-bond acceptors (Lipinski definition) is 4. The molecular formula is C21H26N4O. The van der Waals surface area contributed by atoms with Gasteiger partial charge in [0.15, 0.2) is 0 Å². The zero-order chi connectivity index (χ0) is 17.8. The van der Waals surface area contributed by atoms with Gasteiger partial charge in [0.25, 0.3) is 0 Å². The quantitative estimate of drug-likeness (QED) is 0.741. The molecule has 5 heteroatoms. The van der Waals surface area contributed by atoms with Crippen LogP contribution >= 0.6 is 0 Å². The molecule has 2 aromatic carbocycles. The van der Waals surface area contributed by atoms with E-state index in [1.807, 2.05) is 6.07 Å². The number of morpholine rings is 1. The smallest absolute Gasteiger partial charge is 0.204 e. The van der Waals surface area contributed by atoms with Gasteiger partial charge in [-0.05, 0) is 24.6 Å². The number of benzene rings is 2. The summed E-state index contributed by atoms with van der Waals surface area (Å²) in [5.41, 5.74) is 4.79. The lowest BCUT2D eigenvalue weighted by Crippen LogP contribution is -2.38. The van der Waals surface area contributed by atoms with Crippen molar-refractivity contribution < 1.29 is 4.74 Å². The van der Waals surface area contributed by atoms with Crippen molar-refractivity contribution in [2.45, 2.75) is 20.0 Å². The molecular weight excluding hydrogens is 324 g/mol. The van der Waals surface area contributed by atoms with E-state index in [1.165, 1.54) is 16.6 Å². The molecule has 0 spiro atoms. The van der Waals surface area contributed by atoms with Gasteiger partial charge in [0.05, 0.1) is 24.2 Å². The highest BCUT2D eigenvalue weighted by Crippen LogP contribution is 2.20. The molecule has 1 fully saturated rings. The summed E-state index contributed by atoms with van der Waals surface area (Å²) < 4.78 is 7.76. The lowest BCUT2D eigenvalue weighted by molar-refractivity contribution is 0.0366. The Bertz CT molecular complexity index is 867. The Balaban J connectivity index is 1.52. The molecule has 136 valence electrons. The van der Waals surface area contributed by atoms with E-state index in [1.54, 1.807) is 0 Å². The minimum Gasteiger partial charge on any atom is -0.379 e. The maximum absolute atomic E-state index is 5.45. The summed E-state index contributed by atoms with van der Waals surface area (Å²) in [4.78, 5) is 7.28. The molecule has 26 heavy (non-hydrogen) atoms. The van der Waals surface area contributed by atoms with E-state index in [2.05, 4.69) is 64.2 Å². The van der Waals surface area contributed by atoms with Crippen LogP contribution in [0.1, 0.15) is 11.1 Å². The first kappa shape index (κ1) is 17.1. The summed E-state index contributed by atoms with van der Waals surface area (Å²) in [5.74, 6) is 0.945. The van der Waals surface area contributed by atoms with Gasteiger partial charge < -0.3 is 14.6 Å². The van der Waals surface area contributed by atoms with Crippen LogP contribution in [0.2, 0.25) is 0 Å². The van der Waals surface area contributed by atoms with E-state index in [4.69, 9.17) is 9.72 Å².